The van der Waals surface area contributed by atoms with E-state index < -0.39 is 0 Å². The Kier molecular flexibility index (Phi) is 7.09. The van der Waals surface area contributed by atoms with Crippen LogP contribution in [-0.2, 0) is 4.79 Å². The van der Waals surface area contributed by atoms with E-state index in [1.807, 2.05) is 84.9 Å². The molecule has 1 heterocycles. The van der Waals surface area contributed by atoms with E-state index in [4.69, 9.17) is 26.4 Å². The molecule has 1 fully saturated rings. The molecular formula is C25H21NO4S2. The monoisotopic (exact) mass is 463 g/mol. The van der Waals surface area contributed by atoms with Gasteiger partial charge in [-0.15, -0.1) is 0 Å². The number of rotatable bonds is 8. The normalized spacial score (nSPS) is 14.7. The molecule has 0 aliphatic carbocycles. The Bertz CT molecular complexity index is 1130. The van der Waals surface area contributed by atoms with E-state index in [-0.39, 0.29) is 5.91 Å². The summed E-state index contributed by atoms with van der Waals surface area (Å²) >= 11 is 6.71. The Balaban J connectivity index is 1.43. The summed E-state index contributed by atoms with van der Waals surface area (Å²) in [5, 5.41) is 0. The lowest BCUT2D eigenvalue weighted by atomic mass is 10.2. The fraction of sp³-hybridized carbons (Fsp3) is 0.120. The molecule has 0 atom stereocenters. The van der Waals surface area contributed by atoms with Crippen molar-refractivity contribution in [2.24, 2.45) is 0 Å². The minimum atomic E-state index is -0.136. The number of carbonyl (C=O) groups is 1. The summed E-state index contributed by atoms with van der Waals surface area (Å²) in [4.78, 5) is 15.0. The summed E-state index contributed by atoms with van der Waals surface area (Å²) in [5.41, 5.74) is 1.58. The maximum absolute atomic E-state index is 12.9. The molecule has 0 aromatic heterocycles. The number of nitrogens with zero attached hydrogens (tertiary/aromatic N) is 1. The molecule has 4 rings (SSSR count). The molecule has 3 aromatic rings. The largest absolute Gasteiger partial charge is 0.493 e. The van der Waals surface area contributed by atoms with E-state index in [1.54, 1.807) is 12.0 Å². The first-order chi connectivity index (χ1) is 15.7. The molecule has 162 valence electrons. The molecule has 1 amide bonds. The van der Waals surface area contributed by atoms with Crippen LogP contribution >= 0.6 is 24.0 Å². The number of benzene rings is 3. The van der Waals surface area contributed by atoms with Gasteiger partial charge in [-0.3, -0.25) is 9.69 Å². The second-order valence-electron chi connectivity index (χ2n) is 6.77. The van der Waals surface area contributed by atoms with Crippen molar-refractivity contribution in [3.05, 3.63) is 89.3 Å². The van der Waals surface area contributed by atoms with Gasteiger partial charge in [-0.05, 0) is 48.0 Å². The minimum Gasteiger partial charge on any atom is -0.493 e. The topological polar surface area (TPSA) is 48.0 Å². The van der Waals surface area contributed by atoms with Crippen molar-refractivity contribution in [2.45, 2.75) is 0 Å². The van der Waals surface area contributed by atoms with Gasteiger partial charge in [0.15, 0.2) is 15.8 Å². The standard InChI is InChI=1S/C25H21NO4S2/c1-28-22-16-18(12-13-21(22)30-15-14-29-20-10-6-3-7-11-20)17-23-24(27)26(25(31)32-23)19-8-4-2-5-9-19/h2-13,16-17H,14-15H2,1H3. The van der Waals surface area contributed by atoms with Crippen molar-refractivity contribution in [3.63, 3.8) is 0 Å². The fourth-order valence-electron chi connectivity index (χ4n) is 3.14. The maximum Gasteiger partial charge on any atom is 0.270 e. The number of para-hydroxylation sites is 2. The predicted octanol–water partition coefficient (Wildman–Crippen LogP) is 5.56. The number of hydrogen-bond acceptors (Lipinski definition) is 6. The predicted molar refractivity (Wildman–Crippen MR) is 133 cm³/mol. The van der Waals surface area contributed by atoms with Crippen LogP contribution in [-0.4, -0.2) is 30.6 Å². The molecule has 7 heteroatoms. The second-order valence-corrected chi connectivity index (χ2v) is 8.45. The highest BCUT2D eigenvalue weighted by atomic mass is 32.2. The maximum atomic E-state index is 12.9. The van der Waals surface area contributed by atoms with Gasteiger partial charge in [-0.1, -0.05) is 66.4 Å². The highest BCUT2D eigenvalue weighted by Gasteiger charge is 2.33. The zero-order valence-electron chi connectivity index (χ0n) is 17.4. The number of anilines is 1. The Morgan fingerprint density at radius 2 is 1.59 bits per heavy atom. The third-order valence-electron chi connectivity index (χ3n) is 4.65. The van der Waals surface area contributed by atoms with E-state index in [2.05, 4.69) is 0 Å². The van der Waals surface area contributed by atoms with E-state index >= 15 is 0 Å². The molecule has 1 saturated heterocycles. The third-order valence-corrected chi connectivity index (χ3v) is 5.95. The lowest BCUT2D eigenvalue weighted by molar-refractivity contribution is -0.113. The summed E-state index contributed by atoms with van der Waals surface area (Å²) in [6, 6.07) is 24.5. The van der Waals surface area contributed by atoms with E-state index in [0.717, 1.165) is 17.0 Å². The van der Waals surface area contributed by atoms with Crippen LogP contribution in [0.4, 0.5) is 5.69 Å². The van der Waals surface area contributed by atoms with Gasteiger partial charge in [-0.25, -0.2) is 0 Å². The molecule has 32 heavy (non-hydrogen) atoms. The van der Waals surface area contributed by atoms with Crippen molar-refractivity contribution in [1.29, 1.82) is 0 Å². The molecule has 0 unspecified atom stereocenters. The van der Waals surface area contributed by atoms with Crippen LogP contribution in [0, 0.1) is 0 Å². The van der Waals surface area contributed by atoms with Crippen molar-refractivity contribution in [1.82, 2.24) is 0 Å². The first-order valence-corrected chi connectivity index (χ1v) is 11.2. The highest BCUT2D eigenvalue weighted by Crippen LogP contribution is 2.37. The van der Waals surface area contributed by atoms with Gasteiger partial charge in [0.2, 0.25) is 0 Å². The Hall–Kier alpha value is -3.29. The molecule has 0 N–H and O–H groups in total. The first kappa shape index (κ1) is 21.9. The summed E-state index contributed by atoms with van der Waals surface area (Å²) in [6.45, 7) is 0.789. The molecule has 3 aromatic carbocycles. The first-order valence-electron chi connectivity index (χ1n) is 9.97. The van der Waals surface area contributed by atoms with E-state index in [0.29, 0.717) is 33.9 Å². The lowest BCUT2D eigenvalue weighted by Gasteiger charge is -2.14. The Morgan fingerprint density at radius 3 is 2.31 bits per heavy atom. The zero-order valence-corrected chi connectivity index (χ0v) is 19.0. The number of amides is 1. The van der Waals surface area contributed by atoms with Crippen molar-refractivity contribution >= 4 is 46.0 Å². The molecule has 0 saturated carbocycles. The van der Waals surface area contributed by atoms with Crippen LogP contribution < -0.4 is 19.1 Å². The third kappa shape index (κ3) is 5.12. The summed E-state index contributed by atoms with van der Waals surface area (Å²) in [7, 11) is 1.58. The van der Waals surface area contributed by atoms with Gasteiger partial charge in [0.05, 0.1) is 17.7 Å². The summed E-state index contributed by atoms with van der Waals surface area (Å²) in [6.07, 6.45) is 1.81. The van der Waals surface area contributed by atoms with Crippen molar-refractivity contribution in [3.8, 4) is 17.2 Å². The van der Waals surface area contributed by atoms with Gasteiger partial charge in [0.1, 0.15) is 19.0 Å². The van der Waals surface area contributed by atoms with Crippen LogP contribution in [0.25, 0.3) is 6.08 Å². The number of carbonyl (C=O) groups excluding carboxylic acids is 1. The lowest BCUT2D eigenvalue weighted by Crippen LogP contribution is -2.27. The molecule has 5 nitrogen and oxygen atoms in total. The number of hydrogen-bond donors (Lipinski definition) is 0. The van der Waals surface area contributed by atoms with Crippen molar-refractivity contribution in [2.75, 3.05) is 25.2 Å². The number of methoxy groups -OCH3 is 1. The van der Waals surface area contributed by atoms with Crippen LogP contribution in [0.3, 0.4) is 0 Å². The Morgan fingerprint density at radius 1 is 0.906 bits per heavy atom. The second kappa shape index (κ2) is 10.3. The number of thiocarbonyl (C=S) groups is 1. The molecular weight excluding hydrogens is 442 g/mol. The average Bonchev–Trinajstić information content (AvgIpc) is 3.11. The van der Waals surface area contributed by atoms with Gasteiger partial charge < -0.3 is 14.2 Å². The van der Waals surface area contributed by atoms with Gasteiger partial charge in [0, 0.05) is 0 Å². The van der Waals surface area contributed by atoms with Crippen LogP contribution in [0.15, 0.2) is 83.8 Å². The molecule has 0 spiro atoms. The SMILES string of the molecule is COc1cc(C=C2SC(=S)N(c3ccccc3)C2=O)ccc1OCCOc1ccccc1. The van der Waals surface area contributed by atoms with Gasteiger partial charge in [-0.2, -0.15) is 0 Å². The van der Waals surface area contributed by atoms with Crippen LogP contribution in [0.2, 0.25) is 0 Å². The minimum absolute atomic E-state index is 0.136. The summed E-state index contributed by atoms with van der Waals surface area (Å²) < 4.78 is 17.5. The zero-order chi connectivity index (χ0) is 22.3. The number of thioether (sulfide) groups is 1. The number of ether oxygens (including phenoxy) is 3. The van der Waals surface area contributed by atoms with E-state index in [1.165, 1.54) is 11.8 Å². The van der Waals surface area contributed by atoms with E-state index in [9.17, 15) is 4.79 Å². The molecule has 0 bridgehead atoms. The summed E-state index contributed by atoms with van der Waals surface area (Å²) in [5.74, 6) is 1.85. The molecule has 1 aliphatic rings. The van der Waals surface area contributed by atoms with Gasteiger partial charge >= 0.3 is 0 Å². The van der Waals surface area contributed by atoms with Crippen molar-refractivity contribution < 1.29 is 19.0 Å². The highest BCUT2D eigenvalue weighted by molar-refractivity contribution is 8.27. The van der Waals surface area contributed by atoms with Crippen LogP contribution in [0.5, 0.6) is 17.2 Å². The fourth-order valence-corrected chi connectivity index (χ4v) is 4.44. The average molecular weight is 464 g/mol. The quantitative estimate of drug-likeness (QED) is 0.248. The van der Waals surface area contributed by atoms with Crippen LogP contribution in [0.1, 0.15) is 5.56 Å². The Labute approximate surface area is 196 Å². The smallest absolute Gasteiger partial charge is 0.270 e. The van der Waals surface area contributed by atoms with Gasteiger partial charge in [0.25, 0.3) is 5.91 Å². The molecule has 0 radical (unpaired) electrons. The molecule has 1 aliphatic heterocycles.